The Morgan fingerprint density at radius 2 is 2.50 bits per heavy atom. The van der Waals surface area contributed by atoms with Crippen molar-refractivity contribution in [2.24, 2.45) is 0 Å². The van der Waals surface area contributed by atoms with Gasteiger partial charge in [0.15, 0.2) is 0 Å². The van der Waals surface area contributed by atoms with E-state index in [1.807, 2.05) is 4.72 Å². The molecule has 4 nitrogen and oxygen atoms in total. The SMILES string of the molecule is CCC(O)NS(=O)[O-]. The van der Waals surface area contributed by atoms with Gasteiger partial charge in [-0.3, -0.25) is 4.21 Å². The Kier molecular flexibility index (Phi) is 3.98. The van der Waals surface area contributed by atoms with E-state index in [4.69, 9.17) is 5.11 Å². The quantitative estimate of drug-likeness (QED) is 0.392. The van der Waals surface area contributed by atoms with Gasteiger partial charge in [0.2, 0.25) is 0 Å². The van der Waals surface area contributed by atoms with Crippen LogP contribution in [0.1, 0.15) is 13.3 Å². The van der Waals surface area contributed by atoms with Crippen LogP contribution in [0.5, 0.6) is 0 Å². The summed E-state index contributed by atoms with van der Waals surface area (Å²) >= 11 is -2.35. The Morgan fingerprint density at radius 3 is 2.62 bits per heavy atom. The molecule has 0 amide bonds. The molecule has 0 aromatic rings. The van der Waals surface area contributed by atoms with E-state index in [0.29, 0.717) is 6.42 Å². The van der Waals surface area contributed by atoms with Crippen LogP contribution in [0.15, 0.2) is 0 Å². The highest BCUT2D eigenvalue weighted by atomic mass is 32.2. The Morgan fingerprint density at radius 1 is 2.00 bits per heavy atom. The van der Waals surface area contributed by atoms with Crippen molar-refractivity contribution in [1.82, 2.24) is 4.72 Å². The standard InChI is InChI=1S/C3H9NO3S/c1-2-3(5)4-8(6)7/h3-5H,2H2,1H3,(H,6,7)/p-1. The van der Waals surface area contributed by atoms with Crippen LogP contribution in [0.4, 0.5) is 0 Å². The molecule has 0 aromatic carbocycles. The van der Waals surface area contributed by atoms with Crippen molar-refractivity contribution in [2.75, 3.05) is 0 Å². The Bertz CT molecular complexity index is 86.6. The first-order valence-corrected chi connectivity index (χ1v) is 3.27. The Hall–Kier alpha value is 0.0300. The van der Waals surface area contributed by atoms with Crippen molar-refractivity contribution in [3.05, 3.63) is 0 Å². The number of rotatable bonds is 3. The van der Waals surface area contributed by atoms with Gasteiger partial charge in [0.05, 0.1) is 0 Å². The molecule has 0 rings (SSSR count). The summed E-state index contributed by atoms with van der Waals surface area (Å²) < 4.78 is 21.3. The molecule has 2 atom stereocenters. The van der Waals surface area contributed by atoms with Gasteiger partial charge >= 0.3 is 0 Å². The maximum Gasteiger partial charge on any atom is 0.114 e. The summed E-state index contributed by atoms with van der Waals surface area (Å²) in [5.74, 6) is 0. The van der Waals surface area contributed by atoms with E-state index in [1.165, 1.54) is 0 Å². The molecule has 2 unspecified atom stereocenters. The van der Waals surface area contributed by atoms with Crippen LogP contribution >= 0.6 is 0 Å². The summed E-state index contributed by atoms with van der Waals surface area (Å²) in [6.45, 7) is 1.67. The molecule has 50 valence electrons. The van der Waals surface area contributed by atoms with Crippen LogP contribution < -0.4 is 4.72 Å². The zero-order valence-corrected chi connectivity index (χ0v) is 5.27. The topological polar surface area (TPSA) is 72.4 Å². The molecule has 8 heavy (non-hydrogen) atoms. The highest BCUT2D eigenvalue weighted by Gasteiger charge is 1.94. The molecule has 0 aliphatic rings. The van der Waals surface area contributed by atoms with Crippen LogP contribution in [0, 0.1) is 0 Å². The minimum absolute atomic E-state index is 0.383. The van der Waals surface area contributed by atoms with Gasteiger partial charge in [-0.05, 0) is 6.42 Å². The molecule has 0 aliphatic heterocycles. The Balaban J connectivity index is 3.24. The second-order valence-electron chi connectivity index (χ2n) is 1.28. The molecule has 0 aliphatic carbocycles. The van der Waals surface area contributed by atoms with E-state index in [2.05, 4.69) is 0 Å². The van der Waals surface area contributed by atoms with Gasteiger partial charge in [-0.2, -0.15) is 0 Å². The first-order valence-electron chi connectivity index (χ1n) is 2.20. The van der Waals surface area contributed by atoms with Gasteiger partial charge in [-0.1, -0.05) is 6.92 Å². The second-order valence-corrected chi connectivity index (χ2v) is 1.98. The molecular formula is C3H8NO3S-. The number of aliphatic hydroxyl groups is 1. The second kappa shape index (κ2) is 3.96. The zero-order chi connectivity index (χ0) is 6.57. The highest BCUT2D eigenvalue weighted by Crippen LogP contribution is 1.82. The van der Waals surface area contributed by atoms with Crippen molar-refractivity contribution in [3.63, 3.8) is 0 Å². The van der Waals surface area contributed by atoms with Crippen molar-refractivity contribution < 1.29 is 13.9 Å². The van der Waals surface area contributed by atoms with Gasteiger partial charge in [0, 0.05) is 11.3 Å². The molecule has 2 N–H and O–H groups in total. The van der Waals surface area contributed by atoms with Crippen LogP contribution in [-0.4, -0.2) is 20.1 Å². The van der Waals surface area contributed by atoms with E-state index >= 15 is 0 Å². The molecular weight excluding hydrogens is 130 g/mol. The van der Waals surface area contributed by atoms with Crippen molar-refractivity contribution in [2.45, 2.75) is 19.6 Å². The third kappa shape index (κ3) is 4.20. The van der Waals surface area contributed by atoms with E-state index in [-0.39, 0.29) is 0 Å². The van der Waals surface area contributed by atoms with Crippen molar-refractivity contribution in [1.29, 1.82) is 0 Å². The average Bonchev–Trinajstić information content (AvgIpc) is 1.65. The molecule has 0 bridgehead atoms. The van der Waals surface area contributed by atoms with Crippen LogP contribution in [0.3, 0.4) is 0 Å². The van der Waals surface area contributed by atoms with E-state index < -0.39 is 17.5 Å². The van der Waals surface area contributed by atoms with Gasteiger partial charge < -0.3 is 9.66 Å². The van der Waals surface area contributed by atoms with E-state index in [0.717, 1.165) is 0 Å². The fourth-order valence-corrected chi connectivity index (χ4v) is 0.583. The predicted molar refractivity (Wildman–Crippen MR) is 28.4 cm³/mol. The fourth-order valence-electron chi connectivity index (χ4n) is 0.194. The van der Waals surface area contributed by atoms with Gasteiger partial charge in [-0.25, -0.2) is 4.72 Å². The molecule has 0 fully saturated rings. The lowest BCUT2D eigenvalue weighted by atomic mass is 10.5. The summed E-state index contributed by atoms with van der Waals surface area (Å²) in [5.41, 5.74) is 0. The molecule has 0 radical (unpaired) electrons. The van der Waals surface area contributed by atoms with Crippen molar-refractivity contribution in [3.8, 4) is 0 Å². The number of hydrogen-bond donors (Lipinski definition) is 2. The third-order valence-electron chi connectivity index (χ3n) is 0.619. The molecule has 0 spiro atoms. The minimum atomic E-state index is -2.35. The summed E-state index contributed by atoms with van der Waals surface area (Å²) in [4.78, 5) is 0. The van der Waals surface area contributed by atoms with E-state index in [9.17, 15) is 8.76 Å². The number of aliphatic hydroxyl groups excluding tert-OH is 1. The molecule has 0 aromatic heterocycles. The largest absolute Gasteiger partial charge is 0.760 e. The van der Waals surface area contributed by atoms with Crippen LogP contribution in [-0.2, 0) is 11.3 Å². The lowest BCUT2D eigenvalue weighted by Crippen LogP contribution is -2.29. The molecule has 0 saturated heterocycles. The van der Waals surface area contributed by atoms with Gasteiger partial charge in [0.1, 0.15) is 6.23 Å². The maximum absolute atomic E-state index is 9.70. The monoisotopic (exact) mass is 138 g/mol. The first kappa shape index (κ1) is 8.03. The molecule has 0 heterocycles. The zero-order valence-electron chi connectivity index (χ0n) is 4.46. The van der Waals surface area contributed by atoms with Crippen LogP contribution in [0.25, 0.3) is 0 Å². The normalized spacial score (nSPS) is 17.9. The highest BCUT2D eigenvalue weighted by molar-refractivity contribution is 7.77. The minimum Gasteiger partial charge on any atom is -0.760 e. The van der Waals surface area contributed by atoms with Gasteiger partial charge in [0.25, 0.3) is 0 Å². The van der Waals surface area contributed by atoms with E-state index in [1.54, 1.807) is 6.92 Å². The lowest BCUT2D eigenvalue weighted by Gasteiger charge is -2.10. The first-order chi connectivity index (χ1) is 3.66. The third-order valence-corrected chi connectivity index (χ3v) is 1.08. The number of hydrogen-bond acceptors (Lipinski definition) is 3. The smallest absolute Gasteiger partial charge is 0.114 e. The average molecular weight is 138 g/mol. The molecule has 0 saturated carbocycles. The van der Waals surface area contributed by atoms with Crippen molar-refractivity contribution >= 4 is 11.3 Å². The van der Waals surface area contributed by atoms with Crippen LogP contribution in [0.2, 0.25) is 0 Å². The lowest BCUT2D eigenvalue weighted by molar-refractivity contribution is 0.158. The Labute approximate surface area is 50.3 Å². The fraction of sp³-hybridized carbons (Fsp3) is 1.00. The summed E-state index contributed by atoms with van der Waals surface area (Å²) in [6.07, 6.45) is -0.554. The predicted octanol–water partition coefficient (Wildman–Crippen LogP) is -0.901. The summed E-state index contributed by atoms with van der Waals surface area (Å²) in [5, 5.41) is 8.52. The number of nitrogens with one attached hydrogen (secondary N) is 1. The summed E-state index contributed by atoms with van der Waals surface area (Å²) in [7, 11) is 0. The molecule has 5 heteroatoms. The van der Waals surface area contributed by atoms with Gasteiger partial charge in [-0.15, -0.1) is 0 Å². The maximum atomic E-state index is 9.70. The summed E-state index contributed by atoms with van der Waals surface area (Å²) in [6, 6.07) is 0.